The summed E-state index contributed by atoms with van der Waals surface area (Å²) in [4.78, 5) is 13.1. The Morgan fingerprint density at radius 1 is 0.931 bits per heavy atom. The monoisotopic (exact) mass is 386 g/mol. The van der Waals surface area contributed by atoms with Crippen molar-refractivity contribution < 1.29 is 19.0 Å². The summed E-state index contributed by atoms with van der Waals surface area (Å²) >= 11 is 0. The van der Waals surface area contributed by atoms with Gasteiger partial charge in [0.1, 0.15) is 11.5 Å². The molecule has 4 nitrogen and oxygen atoms in total. The second-order valence-corrected chi connectivity index (χ2v) is 7.68. The molecule has 0 bridgehead atoms. The quantitative estimate of drug-likeness (QED) is 0.602. The molecule has 146 valence electrons. The standard InChI is InChI=1S/C25H22O4/c1-27-21-4-2-3-19(14-21)18-7-5-17(6-8-18)13-24(26)25(11-12-25)20-9-10-22-23(15-20)29-16-28-22/h2-10,14-15H,11-13,16H2,1H3. The maximum atomic E-state index is 13.1. The van der Waals surface area contributed by atoms with Gasteiger partial charge in [0.2, 0.25) is 6.79 Å². The number of benzene rings is 3. The van der Waals surface area contributed by atoms with Crippen molar-refractivity contribution in [1.82, 2.24) is 0 Å². The van der Waals surface area contributed by atoms with Crippen LogP contribution in [0.1, 0.15) is 24.0 Å². The first-order valence-corrected chi connectivity index (χ1v) is 9.85. The van der Waals surface area contributed by atoms with E-state index in [0.29, 0.717) is 6.42 Å². The van der Waals surface area contributed by atoms with Gasteiger partial charge in [-0.3, -0.25) is 4.79 Å². The van der Waals surface area contributed by atoms with Crippen molar-refractivity contribution in [1.29, 1.82) is 0 Å². The summed E-state index contributed by atoms with van der Waals surface area (Å²) in [6.07, 6.45) is 2.23. The van der Waals surface area contributed by atoms with Crippen LogP contribution >= 0.6 is 0 Å². The van der Waals surface area contributed by atoms with Crippen LogP contribution in [-0.4, -0.2) is 19.7 Å². The van der Waals surface area contributed by atoms with Gasteiger partial charge in [0.25, 0.3) is 0 Å². The zero-order chi connectivity index (χ0) is 19.8. The van der Waals surface area contributed by atoms with Crippen LogP contribution in [0.15, 0.2) is 66.7 Å². The average molecular weight is 386 g/mol. The van der Waals surface area contributed by atoms with E-state index >= 15 is 0 Å². The van der Waals surface area contributed by atoms with Crippen molar-refractivity contribution >= 4 is 5.78 Å². The van der Waals surface area contributed by atoms with Gasteiger partial charge in [0.15, 0.2) is 11.5 Å². The van der Waals surface area contributed by atoms with Crippen LogP contribution in [0.4, 0.5) is 0 Å². The minimum absolute atomic E-state index is 0.249. The van der Waals surface area contributed by atoms with Gasteiger partial charge in [-0.1, -0.05) is 42.5 Å². The summed E-state index contributed by atoms with van der Waals surface area (Å²) in [7, 11) is 1.67. The molecule has 0 unspecified atom stereocenters. The highest BCUT2D eigenvalue weighted by Gasteiger charge is 2.50. The molecule has 0 N–H and O–H groups in total. The molecule has 0 atom stereocenters. The molecule has 0 saturated heterocycles. The van der Waals surface area contributed by atoms with Crippen LogP contribution in [0.25, 0.3) is 11.1 Å². The molecule has 0 radical (unpaired) electrons. The maximum absolute atomic E-state index is 13.1. The Hall–Kier alpha value is -3.27. The van der Waals surface area contributed by atoms with E-state index in [1.807, 2.05) is 48.5 Å². The Morgan fingerprint density at radius 2 is 1.72 bits per heavy atom. The van der Waals surface area contributed by atoms with Gasteiger partial charge < -0.3 is 14.2 Å². The topological polar surface area (TPSA) is 44.8 Å². The third-order valence-corrected chi connectivity index (χ3v) is 5.93. The smallest absolute Gasteiger partial charge is 0.231 e. The normalized spacial score (nSPS) is 15.8. The average Bonchev–Trinajstić information content (AvgIpc) is 3.45. The van der Waals surface area contributed by atoms with Gasteiger partial charge in [0.05, 0.1) is 12.5 Å². The van der Waals surface area contributed by atoms with E-state index in [1.165, 1.54) is 0 Å². The summed E-state index contributed by atoms with van der Waals surface area (Å²) < 4.78 is 16.2. The predicted octanol–water partition coefficient (Wildman–Crippen LogP) is 4.93. The first kappa shape index (κ1) is 17.8. The molecule has 1 fully saturated rings. The fraction of sp³-hybridized carbons (Fsp3) is 0.240. The highest BCUT2D eigenvalue weighted by Crippen LogP contribution is 2.51. The van der Waals surface area contributed by atoms with Gasteiger partial charge >= 0.3 is 0 Å². The number of methoxy groups -OCH3 is 1. The number of ketones is 1. The fourth-order valence-electron chi connectivity index (χ4n) is 4.02. The van der Waals surface area contributed by atoms with E-state index in [9.17, 15) is 4.79 Å². The molecular weight excluding hydrogens is 364 g/mol. The number of ether oxygens (including phenoxy) is 3. The molecule has 2 aliphatic rings. The molecule has 0 aromatic heterocycles. The summed E-state index contributed by atoms with van der Waals surface area (Å²) in [5.41, 5.74) is 3.92. The zero-order valence-corrected chi connectivity index (χ0v) is 16.3. The van der Waals surface area contributed by atoms with E-state index in [-0.39, 0.29) is 18.0 Å². The summed E-state index contributed by atoms with van der Waals surface area (Å²) in [5.74, 6) is 2.60. The largest absolute Gasteiger partial charge is 0.497 e. The number of fused-ring (bicyclic) bond motifs is 1. The van der Waals surface area contributed by atoms with Crippen molar-refractivity contribution in [2.75, 3.05) is 13.9 Å². The molecule has 4 heteroatoms. The molecule has 29 heavy (non-hydrogen) atoms. The lowest BCUT2D eigenvalue weighted by Crippen LogP contribution is -2.22. The number of carbonyl (C=O) groups excluding carboxylic acids is 1. The Kier molecular flexibility index (Phi) is 4.27. The van der Waals surface area contributed by atoms with Crippen LogP contribution in [0.3, 0.4) is 0 Å². The molecule has 1 aliphatic carbocycles. The van der Waals surface area contributed by atoms with Crippen LogP contribution in [0, 0.1) is 0 Å². The third-order valence-electron chi connectivity index (χ3n) is 5.93. The number of Topliss-reactive ketones (excluding diaryl/α,β-unsaturated/α-hetero) is 1. The van der Waals surface area contributed by atoms with Crippen LogP contribution in [0.5, 0.6) is 17.2 Å². The first-order valence-electron chi connectivity index (χ1n) is 9.85. The van der Waals surface area contributed by atoms with Crippen molar-refractivity contribution in [3.05, 3.63) is 77.9 Å². The van der Waals surface area contributed by atoms with Crippen molar-refractivity contribution in [2.45, 2.75) is 24.7 Å². The Morgan fingerprint density at radius 3 is 2.48 bits per heavy atom. The lowest BCUT2D eigenvalue weighted by molar-refractivity contribution is -0.120. The minimum atomic E-state index is -0.369. The van der Waals surface area contributed by atoms with Crippen LogP contribution in [-0.2, 0) is 16.6 Å². The SMILES string of the molecule is COc1cccc(-c2ccc(CC(=O)C3(c4ccc5c(c4)OCO5)CC3)cc2)c1. The van der Waals surface area contributed by atoms with E-state index in [4.69, 9.17) is 14.2 Å². The molecule has 1 aliphatic heterocycles. The summed E-state index contributed by atoms with van der Waals surface area (Å²) in [6.45, 7) is 0.249. The van der Waals surface area contributed by atoms with Gasteiger partial charge in [-0.2, -0.15) is 0 Å². The molecule has 0 amide bonds. The Balaban J connectivity index is 1.33. The number of hydrogen-bond acceptors (Lipinski definition) is 4. The first-order chi connectivity index (χ1) is 14.2. The molecule has 0 spiro atoms. The molecule has 1 saturated carbocycles. The van der Waals surface area contributed by atoms with E-state index < -0.39 is 0 Å². The Bertz CT molecular complexity index is 1060. The van der Waals surface area contributed by atoms with Gasteiger partial charge in [0, 0.05) is 6.42 Å². The maximum Gasteiger partial charge on any atom is 0.231 e. The van der Waals surface area contributed by atoms with Crippen molar-refractivity contribution in [3.63, 3.8) is 0 Å². The Labute approximate surface area is 170 Å². The third kappa shape index (κ3) is 3.25. The fourth-order valence-corrected chi connectivity index (χ4v) is 4.02. The second kappa shape index (κ2) is 6.96. The summed E-state index contributed by atoms with van der Waals surface area (Å²) in [5, 5.41) is 0. The molecule has 1 heterocycles. The zero-order valence-electron chi connectivity index (χ0n) is 16.3. The van der Waals surface area contributed by atoms with Crippen LogP contribution < -0.4 is 14.2 Å². The van der Waals surface area contributed by atoms with E-state index in [0.717, 1.165) is 52.3 Å². The molecular formula is C25H22O4. The number of rotatable bonds is 6. The lowest BCUT2D eigenvalue weighted by atomic mass is 9.87. The van der Waals surface area contributed by atoms with Gasteiger partial charge in [-0.05, 0) is 59.4 Å². The van der Waals surface area contributed by atoms with E-state index in [2.05, 4.69) is 18.2 Å². The molecule has 3 aromatic carbocycles. The summed E-state index contributed by atoms with van der Waals surface area (Å²) in [6, 6.07) is 22.1. The predicted molar refractivity (Wildman–Crippen MR) is 111 cm³/mol. The van der Waals surface area contributed by atoms with Crippen molar-refractivity contribution in [3.8, 4) is 28.4 Å². The molecule has 3 aromatic rings. The highest BCUT2D eigenvalue weighted by molar-refractivity contribution is 5.94. The molecule has 5 rings (SSSR count). The minimum Gasteiger partial charge on any atom is -0.497 e. The van der Waals surface area contributed by atoms with Crippen LogP contribution in [0.2, 0.25) is 0 Å². The van der Waals surface area contributed by atoms with Gasteiger partial charge in [-0.25, -0.2) is 0 Å². The second-order valence-electron chi connectivity index (χ2n) is 7.68. The van der Waals surface area contributed by atoms with Gasteiger partial charge in [-0.15, -0.1) is 0 Å². The highest BCUT2D eigenvalue weighted by atomic mass is 16.7. The van der Waals surface area contributed by atoms with Crippen molar-refractivity contribution in [2.24, 2.45) is 0 Å². The van der Waals surface area contributed by atoms with E-state index in [1.54, 1.807) is 7.11 Å². The lowest BCUT2D eigenvalue weighted by Gasteiger charge is -2.15. The number of hydrogen-bond donors (Lipinski definition) is 0. The number of carbonyl (C=O) groups is 1.